The van der Waals surface area contributed by atoms with Gasteiger partial charge in [0.1, 0.15) is 11.6 Å². The third kappa shape index (κ3) is 2.76. The molecule has 0 aliphatic rings. The van der Waals surface area contributed by atoms with Crippen molar-refractivity contribution < 1.29 is 9.50 Å². The SMILES string of the molecule is CC(C)(CO)CNc1nccc2c(N)ccc(F)c12. The van der Waals surface area contributed by atoms with E-state index in [1.54, 1.807) is 18.3 Å². The van der Waals surface area contributed by atoms with E-state index < -0.39 is 0 Å². The van der Waals surface area contributed by atoms with E-state index in [1.165, 1.54) is 6.07 Å². The van der Waals surface area contributed by atoms with Crippen molar-refractivity contribution in [2.75, 3.05) is 24.2 Å². The Balaban J connectivity index is 2.42. The van der Waals surface area contributed by atoms with Gasteiger partial charge in [-0.2, -0.15) is 0 Å². The van der Waals surface area contributed by atoms with E-state index in [0.717, 1.165) is 0 Å². The van der Waals surface area contributed by atoms with E-state index in [4.69, 9.17) is 5.73 Å². The van der Waals surface area contributed by atoms with Gasteiger partial charge in [0.25, 0.3) is 0 Å². The number of pyridine rings is 1. The van der Waals surface area contributed by atoms with Crippen LogP contribution in [0.1, 0.15) is 13.8 Å². The molecule has 0 amide bonds. The zero-order valence-corrected chi connectivity index (χ0v) is 11.1. The molecule has 5 heteroatoms. The van der Waals surface area contributed by atoms with Crippen LogP contribution in [0.3, 0.4) is 0 Å². The molecule has 2 rings (SSSR count). The third-order valence-electron chi connectivity index (χ3n) is 3.07. The number of nitrogens with two attached hydrogens (primary N) is 1. The molecule has 102 valence electrons. The molecule has 0 saturated carbocycles. The van der Waals surface area contributed by atoms with Crippen molar-refractivity contribution in [2.45, 2.75) is 13.8 Å². The van der Waals surface area contributed by atoms with Gasteiger partial charge in [-0.1, -0.05) is 13.8 Å². The molecule has 0 saturated heterocycles. The number of aliphatic hydroxyl groups excluding tert-OH is 1. The van der Waals surface area contributed by atoms with Gasteiger partial charge in [0.2, 0.25) is 0 Å². The monoisotopic (exact) mass is 263 g/mol. The van der Waals surface area contributed by atoms with Crippen molar-refractivity contribution in [1.82, 2.24) is 4.98 Å². The Labute approximate surface area is 111 Å². The van der Waals surface area contributed by atoms with E-state index in [1.807, 2.05) is 13.8 Å². The van der Waals surface area contributed by atoms with Crippen molar-refractivity contribution >= 4 is 22.3 Å². The predicted molar refractivity (Wildman–Crippen MR) is 75.5 cm³/mol. The van der Waals surface area contributed by atoms with Gasteiger partial charge in [0.05, 0.1) is 5.39 Å². The summed E-state index contributed by atoms with van der Waals surface area (Å²) >= 11 is 0. The molecule has 0 spiro atoms. The minimum Gasteiger partial charge on any atom is -0.398 e. The van der Waals surface area contributed by atoms with Crippen LogP contribution in [-0.2, 0) is 0 Å². The number of anilines is 2. The highest BCUT2D eigenvalue weighted by Gasteiger charge is 2.17. The fourth-order valence-corrected chi connectivity index (χ4v) is 1.79. The van der Waals surface area contributed by atoms with E-state index >= 15 is 0 Å². The Morgan fingerprint density at radius 1 is 1.37 bits per heavy atom. The number of nitrogens with one attached hydrogen (secondary N) is 1. The van der Waals surface area contributed by atoms with Crippen LogP contribution in [0, 0.1) is 11.2 Å². The first-order valence-corrected chi connectivity index (χ1v) is 6.12. The number of rotatable bonds is 4. The highest BCUT2D eigenvalue weighted by atomic mass is 19.1. The summed E-state index contributed by atoms with van der Waals surface area (Å²) in [6.45, 7) is 4.35. The van der Waals surface area contributed by atoms with Crippen LogP contribution in [0.15, 0.2) is 24.4 Å². The molecule has 19 heavy (non-hydrogen) atoms. The number of aromatic nitrogens is 1. The van der Waals surface area contributed by atoms with Crippen molar-refractivity contribution in [3.05, 3.63) is 30.2 Å². The molecule has 0 bridgehead atoms. The van der Waals surface area contributed by atoms with E-state index in [2.05, 4.69) is 10.3 Å². The van der Waals surface area contributed by atoms with E-state index in [0.29, 0.717) is 28.8 Å². The molecule has 1 heterocycles. The molecular formula is C14H18FN3O. The predicted octanol–water partition coefficient (Wildman–Crippen LogP) is 2.39. The quantitative estimate of drug-likeness (QED) is 0.741. The third-order valence-corrected chi connectivity index (χ3v) is 3.07. The number of benzene rings is 1. The average molecular weight is 263 g/mol. The maximum absolute atomic E-state index is 13.9. The fraction of sp³-hybridized carbons (Fsp3) is 0.357. The summed E-state index contributed by atoms with van der Waals surface area (Å²) < 4.78 is 13.9. The van der Waals surface area contributed by atoms with Gasteiger partial charge in [-0.3, -0.25) is 0 Å². The van der Waals surface area contributed by atoms with E-state index in [-0.39, 0.29) is 17.8 Å². The number of hydrogen-bond donors (Lipinski definition) is 3. The number of aliphatic hydroxyl groups is 1. The molecule has 0 aliphatic carbocycles. The normalized spacial score (nSPS) is 11.8. The lowest BCUT2D eigenvalue weighted by Crippen LogP contribution is -2.27. The van der Waals surface area contributed by atoms with Crippen LogP contribution in [0.4, 0.5) is 15.9 Å². The van der Waals surface area contributed by atoms with Crippen molar-refractivity contribution in [2.24, 2.45) is 5.41 Å². The Kier molecular flexibility index (Phi) is 3.57. The molecule has 0 radical (unpaired) electrons. The molecule has 0 aliphatic heterocycles. The number of nitrogen functional groups attached to an aromatic ring is 1. The largest absolute Gasteiger partial charge is 0.398 e. The van der Waals surface area contributed by atoms with Crippen LogP contribution in [0.2, 0.25) is 0 Å². The summed E-state index contributed by atoms with van der Waals surface area (Å²) in [7, 11) is 0. The van der Waals surface area contributed by atoms with Gasteiger partial charge in [-0.25, -0.2) is 9.37 Å². The Hall–Kier alpha value is -1.88. The molecule has 4 nitrogen and oxygen atoms in total. The second-order valence-corrected chi connectivity index (χ2v) is 5.39. The summed E-state index contributed by atoms with van der Waals surface area (Å²) in [5.41, 5.74) is 6.05. The first-order chi connectivity index (χ1) is 8.94. The summed E-state index contributed by atoms with van der Waals surface area (Å²) in [5.74, 6) is 0.0884. The van der Waals surface area contributed by atoms with Gasteiger partial charge in [0, 0.05) is 35.8 Å². The van der Waals surface area contributed by atoms with Crippen LogP contribution in [0.5, 0.6) is 0 Å². The topological polar surface area (TPSA) is 71.2 Å². The van der Waals surface area contributed by atoms with E-state index in [9.17, 15) is 9.50 Å². The molecule has 0 unspecified atom stereocenters. The molecule has 1 aromatic carbocycles. The Bertz CT molecular complexity index is 599. The summed E-state index contributed by atoms with van der Waals surface area (Å²) in [5, 5.41) is 13.3. The van der Waals surface area contributed by atoms with Crippen molar-refractivity contribution in [3.63, 3.8) is 0 Å². The maximum atomic E-state index is 13.9. The molecule has 4 N–H and O–H groups in total. The smallest absolute Gasteiger partial charge is 0.136 e. The molecule has 2 aromatic rings. The number of fused-ring (bicyclic) bond motifs is 1. The first-order valence-electron chi connectivity index (χ1n) is 6.12. The lowest BCUT2D eigenvalue weighted by atomic mass is 9.95. The zero-order valence-electron chi connectivity index (χ0n) is 11.1. The molecule has 1 aromatic heterocycles. The number of halogens is 1. The highest BCUT2D eigenvalue weighted by Crippen LogP contribution is 2.29. The molecular weight excluding hydrogens is 245 g/mol. The molecule has 0 fully saturated rings. The fourth-order valence-electron chi connectivity index (χ4n) is 1.79. The minimum absolute atomic E-state index is 0.0371. The standard InChI is InChI=1S/C14H18FN3O/c1-14(2,8-19)7-18-13-12-9(5-6-17-13)11(16)4-3-10(12)15/h3-6,19H,7-8,16H2,1-2H3,(H,17,18). The van der Waals surface area contributed by atoms with Gasteiger partial charge >= 0.3 is 0 Å². The second-order valence-electron chi connectivity index (χ2n) is 5.39. The summed E-state index contributed by atoms with van der Waals surface area (Å²) in [6, 6.07) is 4.57. The Morgan fingerprint density at radius 3 is 2.79 bits per heavy atom. The van der Waals surface area contributed by atoms with Gasteiger partial charge < -0.3 is 16.2 Å². The van der Waals surface area contributed by atoms with Crippen LogP contribution < -0.4 is 11.1 Å². The average Bonchev–Trinajstić information content (AvgIpc) is 2.41. The van der Waals surface area contributed by atoms with Crippen LogP contribution in [0.25, 0.3) is 10.8 Å². The molecule has 0 atom stereocenters. The Morgan fingerprint density at radius 2 is 2.11 bits per heavy atom. The van der Waals surface area contributed by atoms with Crippen molar-refractivity contribution in [1.29, 1.82) is 0 Å². The zero-order chi connectivity index (χ0) is 14.0. The van der Waals surface area contributed by atoms with Crippen LogP contribution in [-0.4, -0.2) is 23.2 Å². The lowest BCUT2D eigenvalue weighted by molar-refractivity contribution is 0.171. The highest BCUT2D eigenvalue weighted by molar-refractivity contribution is 5.99. The first kappa shape index (κ1) is 13.5. The minimum atomic E-state index is -0.360. The van der Waals surface area contributed by atoms with Gasteiger partial charge in [0.15, 0.2) is 0 Å². The number of hydrogen-bond acceptors (Lipinski definition) is 4. The lowest BCUT2D eigenvalue weighted by Gasteiger charge is -2.22. The van der Waals surface area contributed by atoms with Crippen molar-refractivity contribution in [3.8, 4) is 0 Å². The van der Waals surface area contributed by atoms with Gasteiger partial charge in [-0.15, -0.1) is 0 Å². The summed E-state index contributed by atoms with van der Waals surface area (Å²) in [6.07, 6.45) is 1.59. The second kappa shape index (κ2) is 5.01. The number of nitrogens with zero attached hydrogens (tertiary/aromatic N) is 1. The summed E-state index contributed by atoms with van der Waals surface area (Å²) in [4.78, 5) is 4.16. The van der Waals surface area contributed by atoms with Gasteiger partial charge in [-0.05, 0) is 18.2 Å². The maximum Gasteiger partial charge on any atom is 0.136 e. The van der Waals surface area contributed by atoms with Crippen LogP contribution >= 0.6 is 0 Å².